The second kappa shape index (κ2) is 19.2. The monoisotopic (exact) mass is 587 g/mol. The average molecular weight is 588 g/mol. The summed E-state index contributed by atoms with van der Waals surface area (Å²) in [5, 5.41) is 74.8. The Morgan fingerprint density at radius 3 is 2.05 bits per heavy atom. The standard InChI is InChI=1S/C23H41N9O9/c1-30(7-20(36)10-33)4-17(25-24)15-41-23(16-40-14-19-6-32(29-27-19)9-22(38)12-35)2-3-39-13-18-5-31(28-26-18)8-21(37)11-34/h4-6,20-24,33-38H,2-3,7-16H2,1H3/b17-4-,25-24?. The molecule has 0 aliphatic carbocycles. The van der Waals surface area contributed by atoms with Crippen LogP contribution in [0.4, 0.5) is 0 Å². The van der Waals surface area contributed by atoms with Gasteiger partial charge >= 0.3 is 0 Å². The number of hydrogen-bond acceptors (Lipinski definition) is 16. The van der Waals surface area contributed by atoms with Crippen molar-refractivity contribution in [3.63, 3.8) is 0 Å². The van der Waals surface area contributed by atoms with Crippen molar-refractivity contribution in [3.05, 3.63) is 35.7 Å². The molecule has 0 aliphatic heterocycles. The second-order valence-electron chi connectivity index (χ2n) is 9.33. The van der Waals surface area contributed by atoms with Crippen LogP contribution in [-0.2, 0) is 40.5 Å². The van der Waals surface area contributed by atoms with Crippen molar-refractivity contribution < 1.29 is 44.8 Å². The van der Waals surface area contributed by atoms with Crippen LogP contribution in [0.25, 0.3) is 0 Å². The Hall–Kier alpha value is -2.94. The number of aliphatic hydroxyl groups excluding tert-OH is 6. The van der Waals surface area contributed by atoms with Crippen LogP contribution in [0.1, 0.15) is 17.8 Å². The predicted octanol–water partition coefficient (Wildman–Crippen LogP) is -2.76. The van der Waals surface area contributed by atoms with Gasteiger partial charge in [-0.3, -0.25) is 0 Å². The molecule has 4 unspecified atom stereocenters. The fourth-order valence-electron chi connectivity index (χ4n) is 3.44. The summed E-state index contributed by atoms with van der Waals surface area (Å²) in [6, 6.07) is 0. The van der Waals surface area contributed by atoms with E-state index in [-0.39, 0.29) is 65.0 Å². The summed E-state index contributed by atoms with van der Waals surface area (Å²) in [6.07, 6.45) is 1.88. The van der Waals surface area contributed by atoms with Gasteiger partial charge < -0.3 is 49.7 Å². The minimum absolute atomic E-state index is 0.0200. The maximum absolute atomic E-state index is 9.61. The number of rotatable bonds is 23. The Balaban J connectivity index is 1.89. The van der Waals surface area contributed by atoms with E-state index in [1.54, 1.807) is 24.3 Å². The molecular weight excluding hydrogens is 546 g/mol. The van der Waals surface area contributed by atoms with E-state index in [0.717, 1.165) is 0 Å². The van der Waals surface area contributed by atoms with Gasteiger partial charge in [0.25, 0.3) is 0 Å². The highest BCUT2D eigenvalue weighted by molar-refractivity contribution is 4.98. The van der Waals surface area contributed by atoms with Crippen LogP contribution in [0.3, 0.4) is 0 Å². The maximum atomic E-state index is 9.61. The summed E-state index contributed by atoms with van der Waals surface area (Å²) in [6.45, 7) is -0.133. The van der Waals surface area contributed by atoms with Gasteiger partial charge in [0.2, 0.25) is 0 Å². The summed E-state index contributed by atoms with van der Waals surface area (Å²) < 4.78 is 20.2. The molecule has 0 amide bonds. The molecule has 7 N–H and O–H groups in total. The molecule has 232 valence electrons. The van der Waals surface area contributed by atoms with Crippen LogP contribution in [-0.4, -0.2) is 143 Å². The lowest BCUT2D eigenvalue weighted by Crippen LogP contribution is -2.28. The molecule has 2 aromatic heterocycles. The third-order valence-corrected chi connectivity index (χ3v) is 5.47. The quantitative estimate of drug-likeness (QED) is 0.0514. The van der Waals surface area contributed by atoms with Crippen LogP contribution < -0.4 is 0 Å². The Bertz CT molecular complexity index is 1020. The number of hydrogen-bond donors (Lipinski definition) is 7. The SMILES string of the molecule is CN(/C=C(/COC(CCOCc1cn(CC(O)CO)nn1)COCc1cn(CC(O)CO)nn1)N=N)CC(O)CO. The fourth-order valence-corrected chi connectivity index (χ4v) is 3.44. The van der Waals surface area contributed by atoms with Crippen LogP contribution in [0.2, 0.25) is 0 Å². The van der Waals surface area contributed by atoms with Gasteiger partial charge in [-0.15, -0.1) is 10.2 Å². The van der Waals surface area contributed by atoms with E-state index < -0.39 is 37.6 Å². The first kappa shape index (κ1) is 34.3. The first-order valence-electron chi connectivity index (χ1n) is 13.0. The molecule has 0 fully saturated rings. The van der Waals surface area contributed by atoms with Crippen LogP contribution in [0.15, 0.2) is 29.4 Å². The number of nitrogens with one attached hydrogen (secondary N) is 1. The minimum Gasteiger partial charge on any atom is -0.394 e. The van der Waals surface area contributed by atoms with Gasteiger partial charge in [0, 0.05) is 26.4 Å². The van der Waals surface area contributed by atoms with Crippen molar-refractivity contribution in [1.82, 2.24) is 34.9 Å². The summed E-state index contributed by atoms with van der Waals surface area (Å²) in [7, 11) is 1.67. The molecule has 2 rings (SSSR count). The molecule has 18 heteroatoms. The molecule has 0 aliphatic rings. The Morgan fingerprint density at radius 1 is 0.951 bits per heavy atom. The Kier molecular flexibility index (Phi) is 16.1. The van der Waals surface area contributed by atoms with Crippen LogP contribution in [0, 0.1) is 5.53 Å². The number of nitrogens with zero attached hydrogens (tertiary/aromatic N) is 8. The lowest BCUT2D eigenvalue weighted by molar-refractivity contribution is -0.0329. The van der Waals surface area contributed by atoms with E-state index in [1.165, 1.54) is 15.6 Å². The molecule has 0 spiro atoms. The van der Waals surface area contributed by atoms with Gasteiger partial charge in [-0.05, 0) is 6.42 Å². The van der Waals surface area contributed by atoms with E-state index >= 15 is 0 Å². The highest BCUT2D eigenvalue weighted by Gasteiger charge is 2.14. The zero-order valence-electron chi connectivity index (χ0n) is 23.0. The van der Waals surface area contributed by atoms with E-state index in [9.17, 15) is 15.3 Å². The highest BCUT2D eigenvalue weighted by atomic mass is 16.5. The predicted molar refractivity (Wildman–Crippen MR) is 139 cm³/mol. The molecule has 2 heterocycles. The third-order valence-electron chi connectivity index (χ3n) is 5.47. The van der Waals surface area contributed by atoms with E-state index in [4.69, 9.17) is 35.1 Å². The van der Waals surface area contributed by atoms with Gasteiger partial charge in [0.15, 0.2) is 0 Å². The average Bonchev–Trinajstić information content (AvgIpc) is 3.61. The van der Waals surface area contributed by atoms with E-state index in [2.05, 4.69) is 25.7 Å². The third kappa shape index (κ3) is 14.0. The molecule has 0 bridgehead atoms. The fraction of sp³-hybridized carbons (Fsp3) is 0.739. The number of ether oxygens (including phenoxy) is 3. The van der Waals surface area contributed by atoms with Crippen molar-refractivity contribution in [2.45, 2.75) is 57.1 Å². The van der Waals surface area contributed by atoms with Crippen molar-refractivity contribution in [2.24, 2.45) is 5.11 Å². The lowest BCUT2D eigenvalue weighted by Gasteiger charge is -2.20. The summed E-state index contributed by atoms with van der Waals surface area (Å²) in [4.78, 5) is 1.59. The molecule has 0 saturated heterocycles. The Labute approximate surface area is 236 Å². The second-order valence-corrected chi connectivity index (χ2v) is 9.33. The molecule has 41 heavy (non-hydrogen) atoms. The smallest absolute Gasteiger partial charge is 0.108 e. The molecule has 4 atom stereocenters. The van der Waals surface area contributed by atoms with E-state index in [1.807, 2.05) is 0 Å². The lowest BCUT2D eigenvalue weighted by atomic mass is 10.2. The first-order chi connectivity index (χ1) is 19.8. The highest BCUT2D eigenvalue weighted by Crippen LogP contribution is 2.09. The largest absolute Gasteiger partial charge is 0.394 e. The van der Waals surface area contributed by atoms with E-state index in [0.29, 0.717) is 17.8 Å². The zero-order valence-corrected chi connectivity index (χ0v) is 23.0. The number of aromatic nitrogens is 6. The van der Waals surface area contributed by atoms with Gasteiger partial charge in [0.1, 0.15) is 17.1 Å². The molecule has 0 aromatic carbocycles. The summed E-state index contributed by atoms with van der Waals surface area (Å²) in [5.41, 5.74) is 8.80. The van der Waals surface area contributed by atoms with Crippen LogP contribution in [0.5, 0.6) is 0 Å². The molecule has 18 nitrogen and oxygen atoms in total. The zero-order chi connectivity index (χ0) is 30.0. The normalized spacial score (nSPS) is 15.0. The summed E-state index contributed by atoms with van der Waals surface area (Å²) >= 11 is 0. The van der Waals surface area contributed by atoms with Crippen molar-refractivity contribution in [1.29, 1.82) is 5.53 Å². The summed E-state index contributed by atoms with van der Waals surface area (Å²) in [5.74, 6) is 0. The number of aliphatic hydroxyl groups is 6. The first-order valence-corrected chi connectivity index (χ1v) is 13.0. The van der Waals surface area contributed by atoms with Crippen molar-refractivity contribution in [3.8, 4) is 0 Å². The van der Waals surface area contributed by atoms with Crippen molar-refractivity contribution >= 4 is 0 Å². The maximum Gasteiger partial charge on any atom is 0.108 e. The van der Waals surface area contributed by atoms with Gasteiger partial charge in [0.05, 0.1) is 96.1 Å². The van der Waals surface area contributed by atoms with Crippen LogP contribution >= 0.6 is 0 Å². The molecule has 0 saturated carbocycles. The van der Waals surface area contributed by atoms with Crippen molar-refractivity contribution in [2.75, 3.05) is 53.2 Å². The molecule has 0 radical (unpaired) electrons. The number of likely N-dealkylation sites (N-methyl/N-ethyl adjacent to an activating group) is 1. The van der Waals surface area contributed by atoms with Gasteiger partial charge in [-0.2, -0.15) is 5.11 Å². The Morgan fingerprint density at radius 2 is 1.51 bits per heavy atom. The van der Waals surface area contributed by atoms with Gasteiger partial charge in [-0.1, -0.05) is 10.4 Å². The molecular formula is C23H41N9O9. The minimum atomic E-state index is -0.949. The van der Waals surface area contributed by atoms with Gasteiger partial charge in [-0.25, -0.2) is 14.9 Å². The topological polar surface area (TPSA) is 250 Å². The molecule has 2 aromatic rings.